The highest BCUT2D eigenvalue weighted by Crippen LogP contribution is 2.27. The summed E-state index contributed by atoms with van der Waals surface area (Å²) in [6.07, 6.45) is -0.375. The van der Waals surface area contributed by atoms with Crippen LogP contribution in [0.15, 0.2) is 0 Å². The summed E-state index contributed by atoms with van der Waals surface area (Å²) in [5.41, 5.74) is -0.507. The van der Waals surface area contributed by atoms with Crippen molar-refractivity contribution in [1.82, 2.24) is 4.90 Å². The van der Waals surface area contributed by atoms with E-state index >= 15 is 0 Å². The molecule has 1 amide bonds. The lowest BCUT2D eigenvalue weighted by Gasteiger charge is -2.44. The second kappa shape index (κ2) is 4.31. The van der Waals surface area contributed by atoms with Crippen molar-refractivity contribution in [2.24, 2.45) is 5.92 Å². The van der Waals surface area contributed by atoms with Gasteiger partial charge in [-0.1, -0.05) is 0 Å². The lowest BCUT2D eigenvalue weighted by Crippen LogP contribution is -2.60. The van der Waals surface area contributed by atoms with Crippen molar-refractivity contribution in [3.8, 4) is 0 Å². The Hall–Kier alpha value is -1.26. The number of esters is 1. The topological polar surface area (TPSA) is 55.8 Å². The Morgan fingerprint density at radius 2 is 1.88 bits per heavy atom. The maximum atomic E-state index is 11.7. The second-order valence-corrected chi connectivity index (χ2v) is 5.00. The Labute approximate surface area is 95.7 Å². The van der Waals surface area contributed by atoms with E-state index in [1.165, 1.54) is 12.0 Å². The minimum Gasteiger partial charge on any atom is -0.469 e. The predicted molar refractivity (Wildman–Crippen MR) is 57.9 cm³/mol. The van der Waals surface area contributed by atoms with Crippen LogP contribution < -0.4 is 0 Å². The molecule has 5 heteroatoms. The van der Waals surface area contributed by atoms with Crippen LogP contribution >= 0.6 is 0 Å². The molecule has 0 bridgehead atoms. The van der Waals surface area contributed by atoms with Gasteiger partial charge in [0.25, 0.3) is 0 Å². The minimum atomic E-state index is -0.507. The molecule has 0 N–H and O–H groups in total. The van der Waals surface area contributed by atoms with Gasteiger partial charge in [-0.05, 0) is 27.7 Å². The summed E-state index contributed by atoms with van der Waals surface area (Å²) in [7, 11) is 1.35. The van der Waals surface area contributed by atoms with E-state index in [1.54, 1.807) is 0 Å². The number of ether oxygens (including phenoxy) is 2. The van der Waals surface area contributed by atoms with Crippen LogP contribution in [0.25, 0.3) is 0 Å². The van der Waals surface area contributed by atoms with Gasteiger partial charge in [0.15, 0.2) is 0 Å². The second-order valence-electron chi connectivity index (χ2n) is 5.00. The Morgan fingerprint density at radius 3 is 2.25 bits per heavy atom. The highest BCUT2D eigenvalue weighted by Gasteiger charge is 2.45. The van der Waals surface area contributed by atoms with Crippen molar-refractivity contribution < 1.29 is 19.1 Å². The Balaban J connectivity index is 2.49. The molecular weight excluding hydrogens is 210 g/mol. The molecule has 0 radical (unpaired) electrons. The highest BCUT2D eigenvalue weighted by atomic mass is 16.6. The fourth-order valence-corrected chi connectivity index (χ4v) is 1.59. The van der Waals surface area contributed by atoms with Gasteiger partial charge in [0.2, 0.25) is 0 Å². The molecule has 2 atom stereocenters. The van der Waals surface area contributed by atoms with Gasteiger partial charge in [0.1, 0.15) is 5.60 Å². The van der Waals surface area contributed by atoms with Gasteiger partial charge in [-0.25, -0.2) is 4.79 Å². The number of carbonyl (C=O) groups excluding carboxylic acids is 2. The molecule has 0 aromatic carbocycles. The normalized spacial score (nSPS) is 24.7. The number of rotatable bonds is 1. The number of likely N-dealkylation sites (tertiary alicyclic amines) is 1. The zero-order chi connectivity index (χ0) is 12.5. The van der Waals surface area contributed by atoms with Crippen LogP contribution in [-0.4, -0.2) is 42.3 Å². The Morgan fingerprint density at radius 1 is 1.31 bits per heavy atom. The van der Waals surface area contributed by atoms with E-state index in [0.717, 1.165) is 0 Å². The first-order valence-electron chi connectivity index (χ1n) is 5.33. The summed E-state index contributed by atoms with van der Waals surface area (Å²) in [5, 5.41) is 0. The van der Waals surface area contributed by atoms with Crippen LogP contribution in [0.1, 0.15) is 27.7 Å². The first-order chi connectivity index (χ1) is 7.26. The number of hydrogen-bond acceptors (Lipinski definition) is 4. The molecule has 1 heterocycles. The van der Waals surface area contributed by atoms with E-state index in [2.05, 4.69) is 4.74 Å². The van der Waals surface area contributed by atoms with Gasteiger partial charge in [0, 0.05) is 12.6 Å². The number of amides is 1. The lowest BCUT2D eigenvalue weighted by atomic mass is 9.90. The smallest absolute Gasteiger partial charge is 0.410 e. The molecule has 1 fully saturated rings. The fourth-order valence-electron chi connectivity index (χ4n) is 1.59. The Kier molecular flexibility index (Phi) is 3.45. The van der Waals surface area contributed by atoms with E-state index in [0.29, 0.717) is 6.54 Å². The Bertz CT molecular complexity index is 295. The first-order valence-corrected chi connectivity index (χ1v) is 5.33. The number of hydrogen-bond donors (Lipinski definition) is 0. The molecule has 0 aliphatic carbocycles. The van der Waals surface area contributed by atoms with E-state index in [-0.39, 0.29) is 24.0 Å². The fraction of sp³-hybridized carbons (Fsp3) is 0.818. The largest absolute Gasteiger partial charge is 0.469 e. The molecule has 1 saturated heterocycles. The molecule has 0 spiro atoms. The van der Waals surface area contributed by atoms with Crippen molar-refractivity contribution in [2.75, 3.05) is 13.7 Å². The molecule has 0 unspecified atom stereocenters. The number of methoxy groups -OCH3 is 1. The third kappa shape index (κ3) is 2.65. The highest BCUT2D eigenvalue weighted by molar-refractivity contribution is 5.79. The third-order valence-corrected chi connectivity index (χ3v) is 2.60. The maximum Gasteiger partial charge on any atom is 0.410 e. The van der Waals surface area contributed by atoms with E-state index in [9.17, 15) is 9.59 Å². The molecule has 16 heavy (non-hydrogen) atoms. The summed E-state index contributed by atoms with van der Waals surface area (Å²) in [6.45, 7) is 7.63. The zero-order valence-corrected chi connectivity index (χ0v) is 10.4. The molecule has 1 aliphatic rings. The molecule has 92 valence electrons. The summed E-state index contributed by atoms with van der Waals surface area (Å²) in [6, 6.07) is -0.151. The van der Waals surface area contributed by atoms with Crippen LogP contribution in [-0.2, 0) is 14.3 Å². The summed E-state index contributed by atoms with van der Waals surface area (Å²) in [4.78, 5) is 24.5. The predicted octanol–water partition coefficient (Wildman–Crippen LogP) is 1.41. The molecule has 1 rings (SSSR count). The van der Waals surface area contributed by atoms with Gasteiger partial charge >= 0.3 is 12.1 Å². The average molecular weight is 229 g/mol. The van der Waals surface area contributed by atoms with Gasteiger partial charge < -0.3 is 14.4 Å². The van der Waals surface area contributed by atoms with Gasteiger partial charge in [-0.3, -0.25) is 4.79 Å². The van der Waals surface area contributed by atoms with Crippen molar-refractivity contribution in [3.05, 3.63) is 0 Å². The van der Waals surface area contributed by atoms with E-state index in [1.807, 2.05) is 27.7 Å². The van der Waals surface area contributed by atoms with E-state index < -0.39 is 5.60 Å². The van der Waals surface area contributed by atoms with Gasteiger partial charge in [-0.2, -0.15) is 0 Å². The average Bonchev–Trinajstić information content (AvgIpc) is 2.12. The van der Waals surface area contributed by atoms with Gasteiger partial charge in [0.05, 0.1) is 13.0 Å². The quantitative estimate of drug-likeness (QED) is 0.638. The standard InChI is InChI=1S/C11H19NO4/c1-7-8(9(13)15-5)6-12(7)10(14)16-11(2,3)4/h7-8H,6H2,1-5H3/t7-,8-/m0/s1. The zero-order valence-electron chi connectivity index (χ0n) is 10.4. The van der Waals surface area contributed by atoms with Crippen molar-refractivity contribution in [1.29, 1.82) is 0 Å². The molecule has 0 aromatic heterocycles. The third-order valence-electron chi connectivity index (χ3n) is 2.60. The summed E-state index contributed by atoms with van der Waals surface area (Å²) in [5.74, 6) is -0.496. The number of carbonyl (C=O) groups is 2. The van der Waals surface area contributed by atoms with Gasteiger partial charge in [-0.15, -0.1) is 0 Å². The maximum absolute atomic E-state index is 11.7. The summed E-state index contributed by atoms with van der Waals surface area (Å²) >= 11 is 0. The lowest BCUT2D eigenvalue weighted by molar-refractivity contribution is -0.154. The van der Waals surface area contributed by atoms with Crippen molar-refractivity contribution in [2.45, 2.75) is 39.3 Å². The van der Waals surface area contributed by atoms with Crippen molar-refractivity contribution in [3.63, 3.8) is 0 Å². The monoisotopic (exact) mass is 229 g/mol. The van der Waals surface area contributed by atoms with Crippen LogP contribution in [0.3, 0.4) is 0 Å². The van der Waals surface area contributed by atoms with Crippen molar-refractivity contribution >= 4 is 12.1 Å². The van der Waals surface area contributed by atoms with Crippen LogP contribution in [0.4, 0.5) is 4.79 Å². The molecule has 5 nitrogen and oxygen atoms in total. The molecular formula is C11H19NO4. The summed E-state index contributed by atoms with van der Waals surface area (Å²) < 4.78 is 9.84. The minimum absolute atomic E-state index is 0.151. The molecule has 1 aliphatic heterocycles. The molecule has 0 saturated carbocycles. The first kappa shape index (κ1) is 12.8. The SMILES string of the molecule is COC(=O)[C@H]1CN(C(=O)OC(C)(C)C)[C@H]1C. The van der Waals surface area contributed by atoms with Crippen LogP contribution in [0.2, 0.25) is 0 Å². The van der Waals surface area contributed by atoms with Crippen LogP contribution in [0, 0.1) is 5.92 Å². The molecule has 0 aromatic rings. The number of nitrogens with zero attached hydrogens (tertiary/aromatic N) is 1. The van der Waals surface area contributed by atoms with E-state index in [4.69, 9.17) is 4.74 Å². The van der Waals surface area contributed by atoms with Crippen LogP contribution in [0.5, 0.6) is 0 Å².